The highest BCUT2D eigenvalue weighted by molar-refractivity contribution is 5.90. The first-order chi connectivity index (χ1) is 6.72. The standard InChI is InChI=1S/C12H12O2/c1-2-8-3-4-9-5-6-10(13)7-11(9)12(8)14/h3-7,13-14H,2H2,1H3. The number of aromatic hydroxyl groups is 2. The number of fused-ring (bicyclic) bond motifs is 1. The van der Waals surface area contributed by atoms with Crippen LogP contribution in [0.5, 0.6) is 11.5 Å². The van der Waals surface area contributed by atoms with Crippen LogP contribution in [0.15, 0.2) is 30.3 Å². The highest BCUT2D eigenvalue weighted by atomic mass is 16.3. The van der Waals surface area contributed by atoms with Crippen molar-refractivity contribution >= 4 is 10.8 Å². The average molecular weight is 188 g/mol. The van der Waals surface area contributed by atoms with Crippen molar-refractivity contribution in [3.63, 3.8) is 0 Å². The Bertz CT molecular complexity index is 475. The Morgan fingerprint density at radius 3 is 2.50 bits per heavy atom. The topological polar surface area (TPSA) is 40.5 Å². The Morgan fingerprint density at radius 2 is 1.79 bits per heavy atom. The minimum Gasteiger partial charge on any atom is -0.508 e. The Hall–Kier alpha value is -1.70. The summed E-state index contributed by atoms with van der Waals surface area (Å²) in [5, 5.41) is 20.8. The molecule has 0 heterocycles. The predicted octanol–water partition coefficient (Wildman–Crippen LogP) is 2.81. The van der Waals surface area contributed by atoms with Gasteiger partial charge in [0.25, 0.3) is 0 Å². The first kappa shape index (κ1) is 8.88. The molecule has 0 atom stereocenters. The first-order valence-electron chi connectivity index (χ1n) is 4.66. The molecule has 0 aliphatic carbocycles. The van der Waals surface area contributed by atoms with Crippen LogP contribution in [0.2, 0.25) is 0 Å². The van der Waals surface area contributed by atoms with Gasteiger partial charge in [0.1, 0.15) is 11.5 Å². The zero-order chi connectivity index (χ0) is 10.1. The molecule has 2 aromatic rings. The quantitative estimate of drug-likeness (QED) is 0.722. The van der Waals surface area contributed by atoms with Crippen LogP contribution in [-0.2, 0) is 6.42 Å². The van der Waals surface area contributed by atoms with Crippen LogP contribution in [0.25, 0.3) is 10.8 Å². The van der Waals surface area contributed by atoms with Crippen LogP contribution < -0.4 is 0 Å². The number of aryl methyl sites for hydroxylation is 1. The number of hydrogen-bond acceptors (Lipinski definition) is 2. The molecule has 0 bridgehead atoms. The van der Waals surface area contributed by atoms with Gasteiger partial charge in [-0.1, -0.05) is 25.1 Å². The molecular weight excluding hydrogens is 176 g/mol. The molecule has 0 saturated heterocycles. The third kappa shape index (κ3) is 1.29. The fourth-order valence-electron chi connectivity index (χ4n) is 1.62. The van der Waals surface area contributed by atoms with Crippen molar-refractivity contribution in [3.05, 3.63) is 35.9 Å². The van der Waals surface area contributed by atoms with Crippen molar-refractivity contribution in [2.75, 3.05) is 0 Å². The summed E-state index contributed by atoms with van der Waals surface area (Å²) in [4.78, 5) is 0. The Labute approximate surface area is 82.4 Å². The van der Waals surface area contributed by atoms with Gasteiger partial charge in [0.05, 0.1) is 0 Å². The van der Waals surface area contributed by atoms with E-state index < -0.39 is 0 Å². The second-order valence-electron chi connectivity index (χ2n) is 3.33. The fraction of sp³-hybridized carbons (Fsp3) is 0.167. The molecule has 72 valence electrons. The highest BCUT2D eigenvalue weighted by Gasteiger charge is 2.04. The van der Waals surface area contributed by atoms with Gasteiger partial charge in [-0.25, -0.2) is 0 Å². The van der Waals surface area contributed by atoms with E-state index in [9.17, 15) is 10.2 Å². The van der Waals surface area contributed by atoms with Crippen molar-refractivity contribution in [2.24, 2.45) is 0 Å². The van der Waals surface area contributed by atoms with Gasteiger partial charge in [-0.2, -0.15) is 0 Å². The lowest BCUT2D eigenvalue weighted by Gasteiger charge is -2.06. The van der Waals surface area contributed by atoms with Gasteiger partial charge < -0.3 is 10.2 Å². The van der Waals surface area contributed by atoms with Crippen LogP contribution in [0.4, 0.5) is 0 Å². The van der Waals surface area contributed by atoms with E-state index in [1.165, 1.54) is 0 Å². The second kappa shape index (κ2) is 3.22. The molecule has 0 fully saturated rings. The summed E-state index contributed by atoms with van der Waals surface area (Å²) in [6, 6.07) is 8.86. The molecule has 0 radical (unpaired) electrons. The van der Waals surface area contributed by atoms with Crippen molar-refractivity contribution in [1.29, 1.82) is 0 Å². The van der Waals surface area contributed by atoms with Gasteiger partial charge in [0, 0.05) is 5.39 Å². The lowest BCUT2D eigenvalue weighted by molar-refractivity contribution is 0.469. The number of hydrogen-bond donors (Lipinski definition) is 2. The highest BCUT2D eigenvalue weighted by Crippen LogP contribution is 2.31. The molecule has 0 saturated carbocycles. The molecular formula is C12H12O2. The van der Waals surface area contributed by atoms with Crippen LogP contribution in [-0.4, -0.2) is 10.2 Å². The molecule has 2 rings (SSSR count). The van der Waals surface area contributed by atoms with Crippen LogP contribution >= 0.6 is 0 Å². The van der Waals surface area contributed by atoms with Gasteiger partial charge >= 0.3 is 0 Å². The van der Waals surface area contributed by atoms with Gasteiger partial charge in [0.2, 0.25) is 0 Å². The molecule has 14 heavy (non-hydrogen) atoms. The largest absolute Gasteiger partial charge is 0.508 e. The van der Waals surface area contributed by atoms with Crippen molar-refractivity contribution in [3.8, 4) is 11.5 Å². The number of phenolic OH excluding ortho intramolecular Hbond substituents is 2. The van der Waals surface area contributed by atoms with E-state index in [-0.39, 0.29) is 11.5 Å². The van der Waals surface area contributed by atoms with Crippen LogP contribution in [0.3, 0.4) is 0 Å². The number of rotatable bonds is 1. The molecule has 2 nitrogen and oxygen atoms in total. The summed E-state index contributed by atoms with van der Waals surface area (Å²) in [6.45, 7) is 1.99. The first-order valence-corrected chi connectivity index (χ1v) is 4.66. The lowest BCUT2D eigenvalue weighted by atomic mass is 10.0. The third-order valence-corrected chi connectivity index (χ3v) is 2.44. The predicted molar refractivity (Wildman–Crippen MR) is 56.7 cm³/mol. The second-order valence-corrected chi connectivity index (χ2v) is 3.33. The zero-order valence-electron chi connectivity index (χ0n) is 7.99. The van der Waals surface area contributed by atoms with E-state index in [2.05, 4.69) is 0 Å². The molecule has 0 aliphatic rings. The molecule has 0 amide bonds. The average Bonchev–Trinajstić information content (AvgIpc) is 2.20. The molecule has 0 aromatic heterocycles. The Kier molecular flexibility index (Phi) is 2.04. The van der Waals surface area contributed by atoms with E-state index in [4.69, 9.17) is 0 Å². The van der Waals surface area contributed by atoms with E-state index in [0.29, 0.717) is 5.39 Å². The zero-order valence-corrected chi connectivity index (χ0v) is 7.99. The van der Waals surface area contributed by atoms with Gasteiger partial charge in [0.15, 0.2) is 0 Å². The lowest BCUT2D eigenvalue weighted by Crippen LogP contribution is -1.83. The summed E-state index contributed by atoms with van der Waals surface area (Å²) >= 11 is 0. The van der Waals surface area contributed by atoms with Crippen LogP contribution in [0, 0.1) is 0 Å². The van der Waals surface area contributed by atoms with Crippen molar-refractivity contribution in [1.82, 2.24) is 0 Å². The molecule has 2 aromatic carbocycles. The summed E-state index contributed by atoms with van der Waals surface area (Å²) in [7, 11) is 0. The molecule has 0 spiro atoms. The maximum Gasteiger partial charge on any atom is 0.126 e. The summed E-state index contributed by atoms with van der Waals surface area (Å²) < 4.78 is 0. The van der Waals surface area contributed by atoms with Gasteiger partial charge in [-0.3, -0.25) is 0 Å². The minimum absolute atomic E-state index is 0.182. The Morgan fingerprint density at radius 1 is 1.07 bits per heavy atom. The number of benzene rings is 2. The minimum atomic E-state index is 0.182. The van der Waals surface area contributed by atoms with Crippen molar-refractivity contribution < 1.29 is 10.2 Å². The molecule has 2 heteroatoms. The van der Waals surface area contributed by atoms with E-state index >= 15 is 0 Å². The molecule has 0 unspecified atom stereocenters. The van der Waals surface area contributed by atoms with Crippen molar-refractivity contribution in [2.45, 2.75) is 13.3 Å². The summed E-state index contributed by atoms with van der Waals surface area (Å²) in [6.07, 6.45) is 0.789. The summed E-state index contributed by atoms with van der Waals surface area (Å²) in [5.74, 6) is 0.460. The van der Waals surface area contributed by atoms with Gasteiger partial charge in [-0.15, -0.1) is 0 Å². The molecule has 0 aliphatic heterocycles. The third-order valence-electron chi connectivity index (χ3n) is 2.44. The van der Waals surface area contributed by atoms with Gasteiger partial charge in [-0.05, 0) is 29.5 Å². The summed E-state index contributed by atoms with van der Waals surface area (Å²) in [5.41, 5.74) is 0.906. The monoisotopic (exact) mass is 188 g/mol. The Balaban J connectivity index is 2.79. The molecule has 2 N–H and O–H groups in total. The maximum absolute atomic E-state index is 9.86. The fourth-order valence-corrected chi connectivity index (χ4v) is 1.62. The van der Waals surface area contributed by atoms with Crippen LogP contribution in [0.1, 0.15) is 12.5 Å². The smallest absolute Gasteiger partial charge is 0.126 e. The van der Waals surface area contributed by atoms with E-state index in [1.807, 2.05) is 19.1 Å². The normalized spacial score (nSPS) is 10.6. The SMILES string of the molecule is CCc1ccc2ccc(O)cc2c1O. The van der Waals surface area contributed by atoms with E-state index in [1.54, 1.807) is 18.2 Å². The number of phenols is 2. The maximum atomic E-state index is 9.86. The van der Waals surface area contributed by atoms with E-state index in [0.717, 1.165) is 17.4 Å².